The summed E-state index contributed by atoms with van der Waals surface area (Å²) in [6, 6.07) is 90.4. The van der Waals surface area contributed by atoms with Crippen molar-refractivity contribution in [2.45, 2.75) is 57.8 Å². The quantitative estimate of drug-likeness (QED) is 0.101. The first kappa shape index (κ1) is 54.2. The van der Waals surface area contributed by atoms with E-state index in [0.29, 0.717) is 0 Å². The molecule has 0 spiro atoms. The van der Waals surface area contributed by atoms with E-state index in [-0.39, 0.29) is 16.2 Å². The third-order valence-corrected chi connectivity index (χ3v) is 20.4. The molecule has 0 fully saturated rings. The van der Waals surface area contributed by atoms with Gasteiger partial charge in [0.05, 0.1) is 11.4 Å². The van der Waals surface area contributed by atoms with Crippen molar-refractivity contribution in [2.24, 2.45) is 0 Å². The fourth-order valence-corrected chi connectivity index (χ4v) is 15.6. The average molecular weight is 1170 g/mol. The summed E-state index contributed by atoms with van der Waals surface area (Å²) in [4.78, 5) is 13.7. The summed E-state index contributed by atoms with van der Waals surface area (Å²) in [6.07, 6.45) is 16.7. The lowest BCUT2D eigenvalue weighted by atomic mass is 9.81. The molecule has 12 aromatic carbocycles. The highest BCUT2D eigenvalue weighted by Crippen LogP contribution is 2.55. The van der Waals surface area contributed by atoms with Crippen molar-refractivity contribution >= 4 is 102 Å². The Bertz CT molecular complexity index is 5060. The second-order valence-electron chi connectivity index (χ2n) is 26.6. The SMILES string of the molecule is CC1(C)c2cc(C=Cc3ccc4c(c3)C(C)(C)c3cc(N(c5ccncc5)c5cc6ccccc6c6ccccc56)ccc3-4)ccc2-c2ccc(C=Cc3ccc4c(c3)C(C)(C)c3cc(N(c5ccncc5)c5cc6ccccc6c6ccccc56)ccc3-4)cc21. The summed E-state index contributed by atoms with van der Waals surface area (Å²) in [5.74, 6) is 0. The van der Waals surface area contributed by atoms with Crippen molar-refractivity contribution in [1.82, 2.24) is 9.97 Å². The van der Waals surface area contributed by atoms with E-state index < -0.39 is 0 Å². The second kappa shape index (κ2) is 20.6. The van der Waals surface area contributed by atoms with Crippen LogP contribution in [-0.4, -0.2) is 9.97 Å². The first-order valence-corrected chi connectivity index (χ1v) is 31.8. The van der Waals surface area contributed by atoms with Gasteiger partial charge in [-0.2, -0.15) is 0 Å². The Labute approximate surface area is 532 Å². The number of nitrogens with zero attached hydrogens (tertiary/aromatic N) is 4. The molecule has 0 saturated carbocycles. The third kappa shape index (κ3) is 8.64. The Balaban J connectivity index is 0.624. The van der Waals surface area contributed by atoms with Gasteiger partial charge in [-0.25, -0.2) is 0 Å². The van der Waals surface area contributed by atoms with Gasteiger partial charge >= 0.3 is 0 Å². The number of hydrogen-bond donors (Lipinski definition) is 0. The summed E-state index contributed by atoms with van der Waals surface area (Å²) in [6.45, 7) is 14.3. The molecule has 0 saturated heterocycles. The topological polar surface area (TPSA) is 32.3 Å². The molecule has 17 rings (SSSR count). The van der Waals surface area contributed by atoms with Gasteiger partial charge in [0, 0.05) is 74.6 Å². The minimum atomic E-state index is -0.227. The number of rotatable bonds is 10. The normalized spacial score (nSPS) is 14.4. The Morgan fingerprint density at radius 3 is 0.857 bits per heavy atom. The van der Waals surface area contributed by atoms with Gasteiger partial charge in [0.1, 0.15) is 0 Å². The number of hydrogen-bond acceptors (Lipinski definition) is 4. The zero-order valence-corrected chi connectivity index (χ0v) is 52.0. The van der Waals surface area contributed by atoms with Gasteiger partial charge in [-0.1, -0.05) is 248 Å². The van der Waals surface area contributed by atoms with E-state index in [1.165, 1.54) is 132 Å². The van der Waals surface area contributed by atoms with E-state index in [1.807, 2.05) is 24.8 Å². The van der Waals surface area contributed by atoms with Crippen LogP contribution in [0.15, 0.2) is 267 Å². The highest BCUT2D eigenvalue weighted by molar-refractivity contribution is 6.16. The van der Waals surface area contributed by atoms with Crippen LogP contribution >= 0.6 is 0 Å². The summed E-state index contributed by atoms with van der Waals surface area (Å²) in [5.41, 5.74) is 26.8. The van der Waals surface area contributed by atoms with Crippen LogP contribution in [0, 0.1) is 0 Å². The van der Waals surface area contributed by atoms with Gasteiger partial charge in [0.15, 0.2) is 0 Å². The highest BCUT2D eigenvalue weighted by Gasteiger charge is 2.39. The zero-order chi connectivity index (χ0) is 61.3. The number of anilines is 6. The van der Waals surface area contributed by atoms with Crippen molar-refractivity contribution in [2.75, 3.05) is 9.80 Å². The summed E-state index contributed by atoms with van der Waals surface area (Å²) in [7, 11) is 0. The number of fused-ring (bicyclic) bond motifs is 15. The molecule has 0 bridgehead atoms. The van der Waals surface area contributed by atoms with Crippen molar-refractivity contribution in [3.8, 4) is 33.4 Å². The molecule has 0 unspecified atom stereocenters. The first-order chi connectivity index (χ1) is 44.4. The van der Waals surface area contributed by atoms with E-state index in [4.69, 9.17) is 0 Å². The van der Waals surface area contributed by atoms with Gasteiger partial charge in [0.2, 0.25) is 0 Å². The minimum Gasteiger partial charge on any atom is -0.310 e. The highest BCUT2D eigenvalue weighted by atomic mass is 15.2. The number of aromatic nitrogens is 2. The molecule has 0 atom stereocenters. The standard InChI is InChI=1S/C87H66N4/c1-85(2)77-47-55(23-25-57-29-35-71-73-37-31-63(53-81(73)86(3,4)79(71)49-57)90(61-39-43-88-44-40-61)83-51-59-15-7-9-17-65(59)67-19-11-13-21-75(67)83)27-33-69(77)70-34-28-56(48-78(70)85)24-26-58-30-36-72-74-38-32-64(54-82(74)87(5,6)80(72)50-58)91(62-41-45-89-46-42-62)84-52-60-16-8-10-18-66(60)68-20-12-14-22-76(68)84/h7-54H,1-6H3. The summed E-state index contributed by atoms with van der Waals surface area (Å²) >= 11 is 0. The lowest BCUT2D eigenvalue weighted by Crippen LogP contribution is -2.17. The molecule has 14 aromatic rings. The molecule has 0 radical (unpaired) electrons. The predicted molar refractivity (Wildman–Crippen MR) is 385 cm³/mol. The average Bonchev–Trinajstić information content (AvgIpc) is 1.67. The largest absolute Gasteiger partial charge is 0.310 e. The molecule has 4 heteroatoms. The molecular weight excluding hydrogens is 1100 g/mol. The molecule has 4 nitrogen and oxygen atoms in total. The molecule has 3 aliphatic carbocycles. The Hall–Kier alpha value is -10.9. The predicted octanol–water partition coefficient (Wildman–Crippen LogP) is 23.3. The Kier molecular flexibility index (Phi) is 12.3. The number of pyridine rings is 2. The van der Waals surface area contributed by atoms with Gasteiger partial charge < -0.3 is 9.80 Å². The van der Waals surface area contributed by atoms with Crippen LogP contribution in [0.1, 0.15) is 97.2 Å². The van der Waals surface area contributed by atoms with E-state index in [2.05, 4.69) is 328 Å². The second-order valence-corrected chi connectivity index (χ2v) is 26.6. The van der Waals surface area contributed by atoms with Crippen molar-refractivity contribution in [3.05, 3.63) is 323 Å². The van der Waals surface area contributed by atoms with Crippen LogP contribution in [0.5, 0.6) is 0 Å². The minimum absolute atomic E-state index is 0.175. The molecule has 2 aromatic heterocycles. The third-order valence-electron chi connectivity index (χ3n) is 20.4. The Morgan fingerprint density at radius 2 is 0.527 bits per heavy atom. The molecule has 3 aliphatic rings. The van der Waals surface area contributed by atoms with Crippen molar-refractivity contribution in [1.29, 1.82) is 0 Å². The molecule has 0 amide bonds. The monoisotopic (exact) mass is 1170 g/mol. The van der Waals surface area contributed by atoms with Crippen molar-refractivity contribution in [3.63, 3.8) is 0 Å². The maximum absolute atomic E-state index is 4.42. The van der Waals surface area contributed by atoms with E-state index >= 15 is 0 Å². The maximum atomic E-state index is 4.42. The van der Waals surface area contributed by atoms with Crippen molar-refractivity contribution < 1.29 is 0 Å². The van der Waals surface area contributed by atoms with Crippen LogP contribution in [0.2, 0.25) is 0 Å². The van der Waals surface area contributed by atoms with Gasteiger partial charge in [-0.05, 0) is 182 Å². The van der Waals surface area contributed by atoms with Crippen LogP contribution in [0.4, 0.5) is 34.1 Å². The van der Waals surface area contributed by atoms with Gasteiger partial charge in [-0.3, -0.25) is 9.97 Å². The van der Waals surface area contributed by atoms with Crippen LogP contribution in [0.3, 0.4) is 0 Å². The first-order valence-electron chi connectivity index (χ1n) is 31.8. The lowest BCUT2D eigenvalue weighted by Gasteiger charge is -2.29. The van der Waals surface area contributed by atoms with Gasteiger partial charge in [0.25, 0.3) is 0 Å². The fourth-order valence-electron chi connectivity index (χ4n) is 15.6. The Morgan fingerprint density at radius 1 is 0.253 bits per heavy atom. The van der Waals surface area contributed by atoms with E-state index in [9.17, 15) is 0 Å². The smallest absolute Gasteiger partial charge is 0.0546 e. The van der Waals surface area contributed by atoms with Crippen LogP contribution in [-0.2, 0) is 16.2 Å². The van der Waals surface area contributed by atoms with Crippen LogP contribution < -0.4 is 9.80 Å². The molecule has 91 heavy (non-hydrogen) atoms. The molecule has 434 valence electrons. The molecule has 0 aliphatic heterocycles. The summed E-state index contributed by atoms with van der Waals surface area (Å²) < 4.78 is 0. The lowest BCUT2D eigenvalue weighted by molar-refractivity contribution is 0.660. The molecular formula is C87H66N4. The molecule has 2 heterocycles. The molecule has 0 N–H and O–H groups in total. The fraction of sp³-hybridized carbons (Fsp3) is 0.103. The maximum Gasteiger partial charge on any atom is 0.0546 e. The number of benzene rings is 12. The van der Waals surface area contributed by atoms with E-state index in [1.54, 1.807) is 0 Å². The van der Waals surface area contributed by atoms with E-state index in [0.717, 1.165) is 34.1 Å². The van der Waals surface area contributed by atoms with Gasteiger partial charge in [-0.15, -0.1) is 0 Å². The van der Waals surface area contributed by atoms with Crippen LogP contribution in [0.25, 0.3) is 101 Å². The zero-order valence-electron chi connectivity index (χ0n) is 52.0. The summed E-state index contributed by atoms with van der Waals surface area (Å²) in [5, 5.41) is 9.86.